The van der Waals surface area contributed by atoms with Gasteiger partial charge in [-0.2, -0.15) is 4.98 Å². The average Bonchev–Trinajstić information content (AvgIpc) is 3.34. The Hall–Kier alpha value is -3.02. The van der Waals surface area contributed by atoms with Crippen molar-refractivity contribution in [3.05, 3.63) is 59.9 Å². The molecule has 0 N–H and O–H groups in total. The van der Waals surface area contributed by atoms with Gasteiger partial charge in [0.15, 0.2) is 0 Å². The van der Waals surface area contributed by atoms with Gasteiger partial charge >= 0.3 is 0 Å². The fourth-order valence-electron chi connectivity index (χ4n) is 2.98. The standard InChI is InChI=1S/C19H16FN3O2/c20-16-9-2-1-8-15(16)18-21-17(22-25-18)13-6-5-7-14(12-13)19(24)23-10-3-4-11-23/h1-2,5-9,12H,3-4,10-11H2. The van der Waals surface area contributed by atoms with Crippen molar-refractivity contribution in [2.24, 2.45) is 0 Å². The molecule has 6 heteroatoms. The van der Waals surface area contributed by atoms with Gasteiger partial charge in [0, 0.05) is 24.2 Å². The molecule has 5 nitrogen and oxygen atoms in total. The van der Waals surface area contributed by atoms with E-state index in [2.05, 4.69) is 10.1 Å². The number of carbonyl (C=O) groups excluding carboxylic acids is 1. The molecule has 1 amide bonds. The monoisotopic (exact) mass is 337 g/mol. The van der Waals surface area contributed by atoms with Crippen molar-refractivity contribution in [2.75, 3.05) is 13.1 Å². The number of halogens is 1. The first-order chi connectivity index (χ1) is 12.2. The minimum absolute atomic E-state index is 0.0113. The van der Waals surface area contributed by atoms with Crippen molar-refractivity contribution in [3.8, 4) is 22.8 Å². The highest BCUT2D eigenvalue weighted by molar-refractivity contribution is 5.95. The number of nitrogens with zero attached hydrogens (tertiary/aromatic N) is 3. The van der Waals surface area contributed by atoms with Gasteiger partial charge in [-0.15, -0.1) is 0 Å². The van der Waals surface area contributed by atoms with Crippen LogP contribution < -0.4 is 0 Å². The number of hydrogen-bond donors (Lipinski definition) is 0. The third kappa shape index (κ3) is 3.03. The highest BCUT2D eigenvalue weighted by atomic mass is 19.1. The summed E-state index contributed by atoms with van der Waals surface area (Å²) in [7, 11) is 0. The number of likely N-dealkylation sites (tertiary alicyclic amines) is 1. The van der Waals surface area contributed by atoms with Gasteiger partial charge in [0.05, 0.1) is 5.56 Å². The smallest absolute Gasteiger partial charge is 0.261 e. The van der Waals surface area contributed by atoms with Crippen molar-refractivity contribution < 1.29 is 13.7 Å². The highest BCUT2D eigenvalue weighted by Gasteiger charge is 2.20. The van der Waals surface area contributed by atoms with E-state index in [9.17, 15) is 9.18 Å². The third-order valence-corrected chi connectivity index (χ3v) is 4.29. The van der Waals surface area contributed by atoms with Crippen LogP contribution in [-0.4, -0.2) is 34.0 Å². The predicted octanol–water partition coefficient (Wildman–Crippen LogP) is 3.78. The van der Waals surface area contributed by atoms with Crippen molar-refractivity contribution in [3.63, 3.8) is 0 Å². The van der Waals surface area contributed by atoms with Crippen LogP contribution in [0.3, 0.4) is 0 Å². The number of hydrogen-bond acceptors (Lipinski definition) is 4. The largest absolute Gasteiger partial charge is 0.339 e. The molecule has 126 valence electrons. The molecule has 1 aliphatic rings. The van der Waals surface area contributed by atoms with Crippen LogP contribution >= 0.6 is 0 Å². The Morgan fingerprint density at radius 1 is 1.08 bits per heavy atom. The maximum atomic E-state index is 13.9. The first kappa shape index (κ1) is 15.5. The molecule has 1 fully saturated rings. The topological polar surface area (TPSA) is 59.2 Å². The van der Waals surface area contributed by atoms with Gasteiger partial charge in [-0.1, -0.05) is 29.4 Å². The zero-order valence-corrected chi connectivity index (χ0v) is 13.5. The van der Waals surface area contributed by atoms with E-state index in [0.717, 1.165) is 25.9 Å². The van der Waals surface area contributed by atoms with Gasteiger partial charge in [0.2, 0.25) is 5.82 Å². The minimum Gasteiger partial charge on any atom is -0.339 e. The zero-order valence-electron chi connectivity index (χ0n) is 13.5. The number of rotatable bonds is 3. The molecule has 2 aromatic carbocycles. The summed E-state index contributed by atoms with van der Waals surface area (Å²) in [6, 6.07) is 13.4. The van der Waals surface area contributed by atoms with E-state index in [1.54, 1.807) is 42.5 Å². The highest BCUT2D eigenvalue weighted by Crippen LogP contribution is 2.25. The molecule has 25 heavy (non-hydrogen) atoms. The van der Waals surface area contributed by atoms with E-state index < -0.39 is 5.82 Å². The molecule has 1 aliphatic heterocycles. The van der Waals surface area contributed by atoms with Crippen molar-refractivity contribution in [2.45, 2.75) is 12.8 Å². The van der Waals surface area contributed by atoms with E-state index in [0.29, 0.717) is 17.0 Å². The molecular weight excluding hydrogens is 321 g/mol. The molecule has 1 saturated heterocycles. The van der Waals surface area contributed by atoms with Crippen molar-refractivity contribution >= 4 is 5.91 Å². The Labute approximate surface area is 144 Å². The van der Waals surface area contributed by atoms with Gasteiger partial charge in [-0.05, 0) is 37.1 Å². The molecule has 0 spiro atoms. The second kappa shape index (κ2) is 6.47. The molecule has 2 heterocycles. The third-order valence-electron chi connectivity index (χ3n) is 4.29. The summed E-state index contributed by atoms with van der Waals surface area (Å²) in [4.78, 5) is 18.6. The van der Waals surface area contributed by atoms with Crippen LogP contribution in [0, 0.1) is 5.82 Å². The average molecular weight is 337 g/mol. The van der Waals surface area contributed by atoms with Gasteiger partial charge < -0.3 is 9.42 Å². The number of aromatic nitrogens is 2. The molecule has 0 bridgehead atoms. The Balaban J connectivity index is 1.64. The lowest BCUT2D eigenvalue weighted by molar-refractivity contribution is 0.0793. The van der Waals surface area contributed by atoms with E-state index in [-0.39, 0.29) is 17.4 Å². The van der Waals surface area contributed by atoms with E-state index in [1.165, 1.54) is 6.07 Å². The van der Waals surface area contributed by atoms with Gasteiger partial charge in [0.25, 0.3) is 11.8 Å². The molecule has 0 aliphatic carbocycles. The lowest BCUT2D eigenvalue weighted by Gasteiger charge is -2.15. The molecule has 0 radical (unpaired) electrons. The number of benzene rings is 2. The van der Waals surface area contributed by atoms with Gasteiger partial charge in [0.1, 0.15) is 5.82 Å². The molecule has 3 aromatic rings. The lowest BCUT2D eigenvalue weighted by atomic mass is 10.1. The summed E-state index contributed by atoms with van der Waals surface area (Å²) in [5.74, 6) is 0.0338. The summed E-state index contributed by atoms with van der Waals surface area (Å²) in [6.07, 6.45) is 2.09. The molecule has 0 saturated carbocycles. The van der Waals surface area contributed by atoms with Crippen LogP contribution in [0.25, 0.3) is 22.8 Å². The minimum atomic E-state index is -0.421. The van der Waals surface area contributed by atoms with Crippen LogP contribution in [0.15, 0.2) is 53.1 Å². The Morgan fingerprint density at radius 2 is 1.88 bits per heavy atom. The molecule has 4 rings (SSSR count). The van der Waals surface area contributed by atoms with E-state index in [1.807, 2.05) is 4.90 Å². The lowest BCUT2D eigenvalue weighted by Crippen LogP contribution is -2.27. The van der Waals surface area contributed by atoms with Gasteiger partial charge in [-0.3, -0.25) is 4.79 Å². The van der Waals surface area contributed by atoms with Crippen LogP contribution in [-0.2, 0) is 0 Å². The fraction of sp³-hybridized carbons (Fsp3) is 0.211. The van der Waals surface area contributed by atoms with Gasteiger partial charge in [-0.25, -0.2) is 4.39 Å². The van der Waals surface area contributed by atoms with Crippen LogP contribution in [0.5, 0.6) is 0 Å². The van der Waals surface area contributed by atoms with Crippen molar-refractivity contribution in [1.29, 1.82) is 0 Å². The maximum absolute atomic E-state index is 13.9. The summed E-state index contributed by atoms with van der Waals surface area (Å²) in [5, 5.41) is 3.92. The fourth-order valence-corrected chi connectivity index (χ4v) is 2.98. The Kier molecular flexibility index (Phi) is 4.01. The SMILES string of the molecule is O=C(c1cccc(-c2noc(-c3ccccc3F)n2)c1)N1CCCC1. The number of carbonyl (C=O) groups is 1. The van der Waals surface area contributed by atoms with E-state index in [4.69, 9.17) is 4.52 Å². The maximum Gasteiger partial charge on any atom is 0.261 e. The first-order valence-electron chi connectivity index (χ1n) is 8.21. The second-order valence-corrected chi connectivity index (χ2v) is 5.98. The predicted molar refractivity (Wildman–Crippen MR) is 90.3 cm³/mol. The Bertz CT molecular complexity index is 916. The molecule has 0 unspecified atom stereocenters. The number of amides is 1. The quantitative estimate of drug-likeness (QED) is 0.730. The molecule has 1 aromatic heterocycles. The van der Waals surface area contributed by atoms with Crippen molar-refractivity contribution in [1.82, 2.24) is 15.0 Å². The van der Waals surface area contributed by atoms with Crippen LogP contribution in [0.2, 0.25) is 0 Å². The van der Waals surface area contributed by atoms with Crippen LogP contribution in [0.4, 0.5) is 4.39 Å². The summed E-state index contributed by atoms with van der Waals surface area (Å²) in [6.45, 7) is 1.59. The summed E-state index contributed by atoms with van der Waals surface area (Å²) >= 11 is 0. The summed E-state index contributed by atoms with van der Waals surface area (Å²) in [5.41, 5.74) is 1.51. The molecular formula is C19H16FN3O2. The zero-order chi connectivity index (χ0) is 17.2. The normalized spacial score (nSPS) is 14.0. The Morgan fingerprint density at radius 3 is 2.68 bits per heavy atom. The van der Waals surface area contributed by atoms with E-state index >= 15 is 0 Å². The second-order valence-electron chi connectivity index (χ2n) is 5.98. The summed E-state index contributed by atoms with van der Waals surface area (Å²) < 4.78 is 19.0. The molecule has 0 atom stereocenters. The van der Waals surface area contributed by atoms with Crippen LogP contribution in [0.1, 0.15) is 23.2 Å². The first-order valence-corrected chi connectivity index (χ1v) is 8.21.